The molecule has 3 nitrogen and oxygen atoms in total. The zero-order valence-corrected chi connectivity index (χ0v) is 11.0. The average molecular weight is 287 g/mol. The molecule has 1 aromatic rings. The van der Waals surface area contributed by atoms with E-state index in [-0.39, 0.29) is 6.10 Å². The van der Waals surface area contributed by atoms with Crippen LogP contribution in [0.1, 0.15) is 18.6 Å². The van der Waals surface area contributed by atoms with Crippen molar-refractivity contribution < 1.29 is 14.2 Å². The van der Waals surface area contributed by atoms with Gasteiger partial charge in [0.2, 0.25) is 0 Å². The number of halogens is 1. The number of ether oxygens (including phenoxy) is 3. The van der Waals surface area contributed by atoms with E-state index in [0.717, 1.165) is 22.4 Å². The lowest BCUT2D eigenvalue weighted by Gasteiger charge is -2.15. The van der Waals surface area contributed by atoms with Gasteiger partial charge in [0.15, 0.2) is 0 Å². The zero-order chi connectivity index (χ0) is 11.5. The van der Waals surface area contributed by atoms with Crippen LogP contribution in [0.4, 0.5) is 0 Å². The van der Waals surface area contributed by atoms with Crippen molar-refractivity contribution in [1.82, 2.24) is 0 Å². The molecule has 2 rings (SSSR count). The highest BCUT2D eigenvalue weighted by molar-refractivity contribution is 9.10. The van der Waals surface area contributed by atoms with Gasteiger partial charge in [0.25, 0.3) is 0 Å². The molecule has 0 amide bonds. The van der Waals surface area contributed by atoms with E-state index in [1.807, 2.05) is 25.1 Å². The van der Waals surface area contributed by atoms with Crippen LogP contribution in [0.2, 0.25) is 0 Å². The van der Waals surface area contributed by atoms with Gasteiger partial charge in [-0.15, -0.1) is 0 Å². The van der Waals surface area contributed by atoms with Crippen molar-refractivity contribution in [2.45, 2.75) is 19.1 Å². The van der Waals surface area contributed by atoms with Gasteiger partial charge in [-0.25, -0.2) is 0 Å². The number of rotatable bonds is 5. The first-order chi connectivity index (χ1) is 7.70. The fourth-order valence-electron chi connectivity index (χ4n) is 1.47. The van der Waals surface area contributed by atoms with Crippen molar-refractivity contribution >= 4 is 15.9 Å². The van der Waals surface area contributed by atoms with Crippen molar-refractivity contribution in [2.75, 3.05) is 20.3 Å². The molecule has 88 valence electrons. The van der Waals surface area contributed by atoms with Crippen molar-refractivity contribution in [3.05, 3.63) is 28.2 Å². The Morgan fingerprint density at radius 1 is 1.56 bits per heavy atom. The van der Waals surface area contributed by atoms with Gasteiger partial charge >= 0.3 is 0 Å². The second-order valence-corrected chi connectivity index (χ2v) is 4.67. The van der Waals surface area contributed by atoms with Crippen LogP contribution in [-0.2, 0) is 9.47 Å². The molecule has 0 aromatic heterocycles. The lowest BCUT2D eigenvalue weighted by molar-refractivity contribution is 0.0534. The molecule has 0 spiro atoms. The molecule has 4 heteroatoms. The van der Waals surface area contributed by atoms with Crippen LogP contribution >= 0.6 is 15.9 Å². The van der Waals surface area contributed by atoms with Crippen molar-refractivity contribution in [3.63, 3.8) is 0 Å². The molecule has 0 unspecified atom stereocenters. The fourth-order valence-corrected chi connectivity index (χ4v) is 2.04. The Labute approximate surface area is 104 Å². The second kappa shape index (κ2) is 5.17. The summed E-state index contributed by atoms with van der Waals surface area (Å²) in [5, 5.41) is 0. The lowest BCUT2D eigenvalue weighted by atomic mass is 10.1. The molecule has 1 aliphatic rings. The highest BCUT2D eigenvalue weighted by Crippen LogP contribution is 2.30. The second-order valence-electron chi connectivity index (χ2n) is 3.82. The molecule has 0 radical (unpaired) electrons. The summed E-state index contributed by atoms with van der Waals surface area (Å²) in [6.45, 7) is 3.51. The molecule has 0 aliphatic carbocycles. The van der Waals surface area contributed by atoms with Gasteiger partial charge in [0, 0.05) is 4.47 Å². The van der Waals surface area contributed by atoms with Crippen LogP contribution in [0.15, 0.2) is 22.7 Å². The van der Waals surface area contributed by atoms with Gasteiger partial charge < -0.3 is 14.2 Å². The van der Waals surface area contributed by atoms with E-state index in [1.54, 1.807) is 7.11 Å². The first kappa shape index (κ1) is 11.9. The van der Waals surface area contributed by atoms with E-state index in [2.05, 4.69) is 15.9 Å². The maximum atomic E-state index is 5.72. The summed E-state index contributed by atoms with van der Waals surface area (Å²) < 4.78 is 17.1. The summed E-state index contributed by atoms with van der Waals surface area (Å²) in [6.07, 6.45) is 0.334. The molecule has 1 heterocycles. The maximum absolute atomic E-state index is 5.72. The number of epoxide rings is 1. The molecule has 1 fully saturated rings. The molecule has 0 saturated carbocycles. The summed E-state index contributed by atoms with van der Waals surface area (Å²) in [4.78, 5) is 0. The third kappa shape index (κ3) is 2.97. The Balaban J connectivity index is 2.04. The molecule has 16 heavy (non-hydrogen) atoms. The lowest BCUT2D eigenvalue weighted by Crippen LogP contribution is -2.06. The summed E-state index contributed by atoms with van der Waals surface area (Å²) in [5.74, 6) is 0.844. The number of benzene rings is 1. The molecule has 0 N–H and O–H groups in total. The average Bonchev–Trinajstić information content (AvgIpc) is 3.10. The van der Waals surface area contributed by atoms with Crippen LogP contribution < -0.4 is 4.74 Å². The minimum Gasteiger partial charge on any atom is -0.497 e. The van der Waals surface area contributed by atoms with Gasteiger partial charge in [-0.05, 0) is 30.7 Å². The third-order valence-electron chi connectivity index (χ3n) is 2.58. The highest BCUT2D eigenvalue weighted by Gasteiger charge is 2.24. The number of hydrogen-bond donors (Lipinski definition) is 0. The first-order valence-corrected chi connectivity index (χ1v) is 6.06. The van der Waals surface area contributed by atoms with Crippen LogP contribution in [0, 0.1) is 0 Å². The Kier molecular flexibility index (Phi) is 3.84. The summed E-state index contributed by atoms with van der Waals surface area (Å²) in [7, 11) is 1.66. The standard InChI is InChI=1S/C12H15BrO3/c1-8(15-6-10-7-16-10)11-5-9(14-2)3-4-12(11)13/h3-5,8,10H,6-7H2,1-2H3/t8-,10+/m1/s1. The van der Waals surface area contributed by atoms with E-state index in [4.69, 9.17) is 14.2 Å². The minimum atomic E-state index is 0.0358. The van der Waals surface area contributed by atoms with E-state index in [0.29, 0.717) is 12.7 Å². The maximum Gasteiger partial charge on any atom is 0.119 e. The van der Waals surface area contributed by atoms with Crippen molar-refractivity contribution in [1.29, 1.82) is 0 Å². The number of hydrogen-bond acceptors (Lipinski definition) is 3. The quantitative estimate of drug-likeness (QED) is 0.780. The molecule has 1 aliphatic heterocycles. The Morgan fingerprint density at radius 3 is 2.94 bits per heavy atom. The van der Waals surface area contributed by atoms with Crippen LogP contribution in [-0.4, -0.2) is 26.4 Å². The Bertz CT molecular complexity index is 363. The molecule has 0 bridgehead atoms. The smallest absolute Gasteiger partial charge is 0.119 e. The summed E-state index contributed by atoms with van der Waals surface area (Å²) in [5.41, 5.74) is 1.10. The van der Waals surface area contributed by atoms with Gasteiger partial charge in [0.1, 0.15) is 11.9 Å². The molecule has 1 aromatic carbocycles. The molecular formula is C12H15BrO3. The normalized spacial score (nSPS) is 20.6. The Hall–Kier alpha value is -0.580. The summed E-state index contributed by atoms with van der Waals surface area (Å²) in [6, 6.07) is 5.88. The highest BCUT2D eigenvalue weighted by atomic mass is 79.9. The van der Waals surface area contributed by atoms with Crippen LogP contribution in [0.3, 0.4) is 0 Å². The van der Waals surface area contributed by atoms with Crippen LogP contribution in [0.25, 0.3) is 0 Å². The van der Waals surface area contributed by atoms with E-state index < -0.39 is 0 Å². The van der Waals surface area contributed by atoms with E-state index in [9.17, 15) is 0 Å². The fraction of sp³-hybridized carbons (Fsp3) is 0.500. The van der Waals surface area contributed by atoms with Crippen molar-refractivity contribution in [2.24, 2.45) is 0 Å². The van der Waals surface area contributed by atoms with E-state index >= 15 is 0 Å². The molecule has 2 atom stereocenters. The topological polar surface area (TPSA) is 31.0 Å². The molecular weight excluding hydrogens is 272 g/mol. The minimum absolute atomic E-state index is 0.0358. The van der Waals surface area contributed by atoms with Gasteiger partial charge in [-0.2, -0.15) is 0 Å². The SMILES string of the molecule is COc1ccc(Br)c([C@@H](C)OC[C@H]2CO2)c1. The summed E-state index contributed by atoms with van der Waals surface area (Å²) >= 11 is 3.52. The van der Waals surface area contributed by atoms with E-state index in [1.165, 1.54) is 0 Å². The van der Waals surface area contributed by atoms with Crippen molar-refractivity contribution in [3.8, 4) is 5.75 Å². The Morgan fingerprint density at radius 2 is 2.31 bits per heavy atom. The van der Waals surface area contributed by atoms with Gasteiger partial charge in [-0.1, -0.05) is 15.9 Å². The third-order valence-corrected chi connectivity index (χ3v) is 3.30. The predicted octanol–water partition coefficient (Wildman–Crippen LogP) is 2.93. The molecule has 1 saturated heterocycles. The van der Waals surface area contributed by atoms with Crippen LogP contribution in [0.5, 0.6) is 5.75 Å². The van der Waals surface area contributed by atoms with Gasteiger partial charge in [0.05, 0.1) is 26.4 Å². The largest absolute Gasteiger partial charge is 0.497 e. The monoisotopic (exact) mass is 286 g/mol. The van der Waals surface area contributed by atoms with Gasteiger partial charge in [-0.3, -0.25) is 0 Å². The predicted molar refractivity (Wildman–Crippen MR) is 64.8 cm³/mol. The zero-order valence-electron chi connectivity index (χ0n) is 9.40. The first-order valence-electron chi connectivity index (χ1n) is 5.27. The number of methoxy groups -OCH3 is 1.